The smallest absolute Gasteiger partial charge is 0.246 e. The van der Waals surface area contributed by atoms with Crippen molar-refractivity contribution in [2.75, 3.05) is 5.32 Å². The molecule has 0 saturated carbocycles. The second kappa shape index (κ2) is 9.20. The topological polar surface area (TPSA) is 82.6 Å². The highest BCUT2D eigenvalue weighted by molar-refractivity contribution is 7.71. The Morgan fingerprint density at radius 2 is 1.76 bits per heavy atom. The zero-order valence-electron chi connectivity index (χ0n) is 18.2. The van der Waals surface area contributed by atoms with Gasteiger partial charge in [-0.25, -0.2) is 9.36 Å². The van der Waals surface area contributed by atoms with Crippen LogP contribution in [-0.2, 0) is 17.9 Å². The molecule has 0 spiro atoms. The molecule has 5 aromatic rings. The Bertz CT molecular complexity index is 1550. The molecule has 8 nitrogen and oxygen atoms in total. The van der Waals surface area contributed by atoms with E-state index in [-0.39, 0.29) is 12.5 Å². The SMILES string of the molecule is Cc1c(Cl)cccc1NC(=O)Cn1nc(Cn2nnc3ccccc32)n(-c2ccccc2)c1=S. The number of para-hydroxylation sites is 2. The molecule has 0 aliphatic rings. The maximum absolute atomic E-state index is 12.8. The van der Waals surface area contributed by atoms with Gasteiger partial charge in [0.15, 0.2) is 5.82 Å². The van der Waals surface area contributed by atoms with E-state index in [0.29, 0.717) is 27.9 Å². The largest absolute Gasteiger partial charge is 0.324 e. The highest BCUT2D eigenvalue weighted by Gasteiger charge is 2.17. The number of fused-ring (bicyclic) bond motifs is 1. The van der Waals surface area contributed by atoms with Crippen LogP contribution in [0, 0.1) is 11.7 Å². The molecule has 34 heavy (non-hydrogen) atoms. The highest BCUT2D eigenvalue weighted by Crippen LogP contribution is 2.23. The lowest BCUT2D eigenvalue weighted by molar-refractivity contribution is -0.116. The first-order valence-corrected chi connectivity index (χ1v) is 11.4. The normalized spacial score (nSPS) is 11.1. The minimum atomic E-state index is -0.253. The molecule has 2 heterocycles. The van der Waals surface area contributed by atoms with E-state index in [1.54, 1.807) is 16.8 Å². The molecule has 170 valence electrons. The van der Waals surface area contributed by atoms with Crippen molar-refractivity contribution in [3.8, 4) is 5.69 Å². The number of carbonyl (C=O) groups is 1. The van der Waals surface area contributed by atoms with Crippen molar-refractivity contribution >= 4 is 46.4 Å². The van der Waals surface area contributed by atoms with Crippen molar-refractivity contribution in [2.24, 2.45) is 0 Å². The van der Waals surface area contributed by atoms with Crippen LogP contribution in [0.1, 0.15) is 11.4 Å². The number of anilines is 1. The van der Waals surface area contributed by atoms with Gasteiger partial charge in [-0.2, -0.15) is 5.10 Å². The van der Waals surface area contributed by atoms with Crippen LogP contribution in [0.3, 0.4) is 0 Å². The first kappa shape index (κ1) is 22.0. The molecule has 0 saturated heterocycles. The summed E-state index contributed by atoms with van der Waals surface area (Å²) in [4.78, 5) is 12.8. The van der Waals surface area contributed by atoms with Crippen molar-refractivity contribution in [1.29, 1.82) is 0 Å². The fourth-order valence-corrected chi connectivity index (χ4v) is 4.22. The summed E-state index contributed by atoms with van der Waals surface area (Å²) in [6.45, 7) is 2.14. The molecule has 3 aromatic carbocycles. The molecule has 0 bridgehead atoms. The summed E-state index contributed by atoms with van der Waals surface area (Å²) in [5.74, 6) is 0.385. The van der Waals surface area contributed by atoms with Crippen LogP contribution in [0.2, 0.25) is 5.02 Å². The van der Waals surface area contributed by atoms with E-state index in [4.69, 9.17) is 23.8 Å². The zero-order valence-corrected chi connectivity index (χ0v) is 19.8. The molecular formula is C24H20ClN7OS. The minimum Gasteiger partial charge on any atom is -0.324 e. The Morgan fingerprint density at radius 3 is 2.59 bits per heavy atom. The van der Waals surface area contributed by atoms with Gasteiger partial charge in [0.05, 0.1) is 5.52 Å². The zero-order chi connectivity index (χ0) is 23.7. The first-order valence-electron chi connectivity index (χ1n) is 10.6. The molecule has 1 amide bonds. The van der Waals surface area contributed by atoms with Gasteiger partial charge in [0.1, 0.15) is 18.6 Å². The molecule has 2 aromatic heterocycles. The Hall–Kier alpha value is -3.82. The van der Waals surface area contributed by atoms with E-state index < -0.39 is 0 Å². The quantitative estimate of drug-likeness (QED) is 0.346. The van der Waals surface area contributed by atoms with Gasteiger partial charge in [-0.3, -0.25) is 9.36 Å². The fraction of sp³-hybridized carbons (Fsp3) is 0.125. The number of benzene rings is 3. The van der Waals surface area contributed by atoms with Crippen molar-refractivity contribution in [3.05, 3.63) is 94.0 Å². The molecule has 0 atom stereocenters. The number of halogens is 1. The summed E-state index contributed by atoms with van der Waals surface area (Å²) in [5.41, 5.74) is 3.99. The van der Waals surface area contributed by atoms with Crippen LogP contribution in [0.4, 0.5) is 5.69 Å². The average molecular weight is 490 g/mol. The third-order valence-corrected chi connectivity index (χ3v) is 6.27. The van der Waals surface area contributed by atoms with Crippen LogP contribution in [0.5, 0.6) is 0 Å². The van der Waals surface area contributed by atoms with Gasteiger partial charge < -0.3 is 5.32 Å². The average Bonchev–Trinajstić information content (AvgIpc) is 3.38. The Balaban J connectivity index is 1.50. The summed E-state index contributed by atoms with van der Waals surface area (Å²) in [7, 11) is 0. The van der Waals surface area contributed by atoms with Crippen LogP contribution in [-0.4, -0.2) is 35.2 Å². The van der Waals surface area contributed by atoms with Crippen molar-refractivity contribution in [1.82, 2.24) is 29.3 Å². The van der Waals surface area contributed by atoms with E-state index in [1.807, 2.05) is 72.2 Å². The lowest BCUT2D eigenvalue weighted by Gasteiger charge is -2.09. The third-order valence-electron chi connectivity index (χ3n) is 5.47. The molecule has 1 N–H and O–H groups in total. The van der Waals surface area contributed by atoms with Crippen LogP contribution >= 0.6 is 23.8 Å². The van der Waals surface area contributed by atoms with Crippen LogP contribution in [0.25, 0.3) is 16.7 Å². The maximum atomic E-state index is 12.8. The van der Waals surface area contributed by atoms with Crippen molar-refractivity contribution in [2.45, 2.75) is 20.0 Å². The van der Waals surface area contributed by atoms with Gasteiger partial charge in [0.25, 0.3) is 0 Å². The fourth-order valence-electron chi connectivity index (χ4n) is 3.73. The van der Waals surface area contributed by atoms with Gasteiger partial charge in [0, 0.05) is 16.4 Å². The molecule has 0 unspecified atom stereocenters. The van der Waals surface area contributed by atoms with E-state index >= 15 is 0 Å². The van der Waals surface area contributed by atoms with Crippen LogP contribution < -0.4 is 5.32 Å². The summed E-state index contributed by atoms with van der Waals surface area (Å²) >= 11 is 11.9. The number of hydrogen-bond acceptors (Lipinski definition) is 5. The van der Waals surface area contributed by atoms with Gasteiger partial charge >= 0.3 is 0 Å². The summed E-state index contributed by atoms with van der Waals surface area (Å²) in [6.07, 6.45) is 0. The standard InChI is InChI=1S/C24H20ClN7OS/c1-16-18(25)10-7-12-19(16)26-23(33)15-31-24(34)32(17-8-3-2-4-9-17)22(28-31)14-30-21-13-6-5-11-20(21)27-29-30/h2-13H,14-15H2,1H3,(H,26,33). The molecule has 0 aliphatic heterocycles. The monoisotopic (exact) mass is 489 g/mol. The van der Waals surface area contributed by atoms with E-state index in [9.17, 15) is 4.79 Å². The second-order valence-electron chi connectivity index (χ2n) is 7.72. The predicted octanol–water partition coefficient (Wildman–Crippen LogP) is 4.80. The van der Waals surface area contributed by atoms with Gasteiger partial charge in [-0.05, 0) is 61.1 Å². The number of nitrogens with one attached hydrogen (secondary N) is 1. The molecule has 0 radical (unpaired) electrons. The lowest BCUT2D eigenvalue weighted by atomic mass is 10.2. The number of rotatable bonds is 6. The summed E-state index contributed by atoms with van der Waals surface area (Å²) < 4.78 is 5.55. The molecule has 10 heteroatoms. The number of hydrogen-bond donors (Lipinski definition) is 1. The van der Waals surface area contributed by atoms with Gasteiger partial charge in [-0.15, -0.1) is 5.10 Å². The molecule has 5 rings (SSSR count). The summed E-state index contributed by atoms with van der Waals surface area (Å²) in [5, 5.41) is 16.7. The predicted molar refractivity (Wildman–Crippen MR) is 134 cm³/mol. The van der Waals surface area contributed by atoms with Crippen molar-refractivity contribution < 1.29 is 4.79 Å². The number of amides is 1. The lowest BCUT2D eigenvalue weighted by Crippen LogP contribution is -2.20. The van der Waals surface area contributed by atoms with Crippen LogP contribution in [0.15, 0.2) is 72.8 Å². The Morgan fingerprint density at radius 1 is 1.00 bits per heavy atom. The molecular weight excluding hydrogens is 470 g/mol. The third kappa shape index (κ3) is 4.23. The number of aromatic nitrogens is 6. The number of nitrogens with zero attached hydrogens (tertiary/aromatic N) is 6. The molecule has 0 aliphatic carbocycles. The van der Waals surface area contributed by atoms with Crippen molar-refractivity contribution in [3.63, 3.8) is 0 Å². The second-order valence-corrected chi connectivity index (χ2v) is 8.50. The Kier molecular flexibility index (Phi) is 5.95. The summed E-state index contributed by atoms with van der Waals surface area (Å²) in [6, 6.07) is 22.8. The van der Waals surface area contributed by atoms with E-state index in [2.05, 4.69) is 20.7 Å². The first-order chi connectivity index (χ1) is 16.5. The van der Waals surface area contributed by atoms with Gasteiger partial charge in [-0.1, -0.05) is 53.2 Å². The van der Waals surface area contributed by atoms with E-state index in [0.717, 1.165) is 22.3 Å². The maximum Gasteiger partial charge on any atom is 0.246 e. The van der Waals surface area contributed by atoms with E-state index in [1.165, 1.54) is 4.68 Å². The molecule has 0 fully saturated rings. The highest BCUT2D eigenvalue weighted by atomic mass is 35.5. The number of carbonyl (C=O) groups excluding carboxylic acids is 1. The Labute approximate surface area is 205 Å². The van der Waals surface area contributed by atoms with Gasteiger partial charge in [0.2, 0.25) is 10.7 Å². The minimum absolute atomic E-state index is 0.0459.